The Bertz CT molecular complexity index is 646. The fraction of sp³-hybridized carbons (Fsp3) is 0.333. The Hall–Kier alpha value is -1.91. The molecule has 0 radical (unpaired) electrons. The summed E-state index contributed by atoms with van der Waals surface area (Å²) < 4.78 is 15.9. The van der Waals surface area contributed by atoms with Gasteiger partial charge in [0.2, 0.25) is 0 Å². The van der Waals surface area contributed by atoms with Crippen molar-refractivity contribution in [1.29, 1.82) is 0 Å². The molecule has 5 heteroatoms. The number of hydrogen-bond acceptors (Lipinski definition) is 4. The van der Waals surface area contributed by atoms with Gasteiger partial charge in [0.05, 0.1) is 21.3 Å². The molecule has 124 valence electrons. The zero-order valence-corrected chi connectivity index (χ0v) is 14.4. The normalized spacial score (nSPS) is 10.4. The predicted octanol–water partition coefficient (Wildman–Crippen LogP) is 3.70. The van der Waals surface area contributed by atoms with Crippen molar-refractivity contribution in [1.82, 2.24) is 5.32 Å². The zero-order valence-electron chi connectivity index (χ0n) is 13.7. The molecular formula is C18H22ClNO3. The van der Waals surface area contributed by atoms with Crippen LogP contribution in [0.4, 0.5) is 0 Å². The van der Waals surface area contributed by atoms with Gasteiger partial charge in [-0.2, -0.15) is 0 Å². The molecule has 1 N–H and O–H groups in total. The lowest BCUT2D eigenvalue weighted by atomic mass is 10.1. The molecule has 0 amide bonds. The van der Waals surface area contributed by atoms with Crippen LogP contribution in [0.5, 0.6) is 17.2 Å². The number of hydrogen-bond donors (Lipinski definition) is 1. The topological polar surface area (TPSA) is 39.7 Å². The van der Waals surface area contributed by atoms with Gasteiger partial charge in [-0.3, -0.25) is 0 Å². The van der Waals surface area contributed by atoms with Gasteiger partial charge in [-0.25, -0.2) is 0 Å². The Kier molecular flexibility index (Phi) is 6.56. The fourth-order valence-electron chi connectivity index (χ4n) is 2.38. The highest BCUT2D eigenvalue weighted by molar-refractivity contribution is 6.30. The summed E-state index contributed by atoms with van der Waals surface area (Å²) in [5, 5.41) is 4.12. The van der Waals surface area contributed by atoms with Crippen molar-refractivity contribution >= 4 is 11.6 Å². The van der Waals surface area contributed by atoms with Gasteiger partial charge in [0.1, 0.15) is 5.75 Å². The van der Waals surface area contributed by atoms with Gasteiger partial charge in [-0.15, -0.1) is 0 Å². The van der Waals surface area contributed by atoms with E-state index in [0.29, 0.717) is 11.6 Å². The summed E-state index contributed by atoms with van der Waals surface area (Å²) >= 11 is 6.04. The molecule has 0 fully saturated rings. The average Bonchev–Trinajstić information content (AvgIpc) is 2.58. The molecule has 0 heterocycles. The van der Waals surface area contributed by atoms with Crippen LogP contribution >= 0.6 is 11.6 Å². The molecule has 0 saturated carbocycles. The van der Waals surface area contributed by atoms with Gasteiger partial charge in [-0.05, 0) is 48.9 Å². The van der Waals surface area contributed by atoms with Crippen LogP contribution < -0.4 is 19.5 Å². The highest BCUT2D eigenvalue weighted by Gasteiger charge is 2.06. The summed E-state index contributed by atoms with van der Waals surface area (Å²) in [7, 11) is 4.94. The number of halogens is 1. The van der Waals surface area contributed by atoms with E-state index in [9.17, 15) is 0 Å². The molecule has 4 nitrogen and oxygen atoms in total. The Morgan fingerprint density at radius 1 is 0.870 bits per heavy atom. The first-order chi connectivity index (χ1) is 11.2. The van der Waals surface area contributed by atoms with E-state index in [4.69, 9.17) is 25.8 Å². The smallest absolute Gasteiger partial charge is 0.160 e. The van der Waals surface area contributed by atoms with Crippen LogP contribution in [0.3, 0.4) is 0 Å². The third kappa shape index (κ3) is 4.78. The first kappa shape index (κ1) is 17.4. The van der Waals surface area contributed by atoms with Gasteiger partial charge in [0.25, 0.3) is 0 Å². The molecule has 2 aromatic carbocycles. The van der Waals surface area contributed by atoms with E-state index < -0.39 is 0 Å². The monoisotopic (exact) mass is 335 g/mol. The minimum atomic E-state index is 0.705. The van der Waals surface area contributed by atoms with Gasteiger partial charge in [0.15, 0.2) is 11.5 Å². The maximum absolute atomic E-state index is 6.04. The van der Waals surface area contributed by atoms with Crippen LogP contribution in [0, 0.1) is 0 Å². The highest BCUT2D eigenvalue weighted by Crippen LogP contribution is 2.27. The second-order valence-electron chi connectivity index (χ2n) is 5.07. The lowest BCUT2D eigenvalue weighted by Gasteiger charge is -2.11. The van der Waals surface area contributed by atoms with E-state index in [1.165, 1.54) is 5.56 Å². The molecule has 2 aromatic rings. The largest absolute Gasteiger partial charge is 0.496 e. The minimum absolute atomic E-state index is 0.705. The SMILES string of the molecule is COc1ccc(Cl)cc1CNCCc1ccc(OC)c(OC)c1. The lowest BCUT2D eigenvalue weighted by Crippen LogP contribution is -2.17. The third-order valence-corrected chi connectivity index (χ3v) is 3.83. The van der Waals surface area contributed by atoms with Crippen LogP contribution in [0.1, 0.15) is 11.1 Å². The third-order valence-electron chi connectivity index (χ3n) is 3.60. The summed E-state index contributed by atoms with van der Waals surface area (Å²) in [6, 6.07) is 11.6. The lowest BCUT2D eigenvalue weighted by molar-refractivity contribution is 0.354. The fourth-order valence-corrected chi connectivity index (χ4v) is 2.57. The molecule has 0 atom stereocenters. The Labute approximate surface area is 142 Å². The second kappa shape index (κ2) is 8.65. The quantitative estimate of drug-likeness (QED) is 0.747. The maximum atomic E-state index is 6.04. The number of rotatable bonds is 8. The average molecular weight is 336 g/mol. The van der Waals surface area contributed by atoms with Crippen molar-refractivity contribution in [2.45, 2.75) is 13.0 Å². The van der Waals surface area contributed by atoms with E-state index in [1.54, 1.807) is 21.3 Å². The first-order valence-electron chi connectivity index (χ1n) is 7.42. The molecule has 23 heavy (non-hydrogen) atoms. The molecule has 0 bridgehead atoms. The van der Waals surface area contributed by atoms with E-state index in [0.717, 1.165) is 35.8 Å². The molecule has 0 aliphatic carbocycles. The predicted molar refractivity (Wildman–Crippen MR) is 93.0 cm³/mol. The summed E-state index contributed by atoms with van der Waals surface area (Å²) in [4.78, 5) is 0. The molecule has 0 unspecified atom stereocenters. The van der Waals surface area contributed by atoms with E-state index >= 15 is 0 Å². The Morgan fingerprint density at radius 2 is 1.57 bits per heavy atom. The number of nitrogens with one attached hydrogen (secondary N) is 1. The molecule has 0 aliphatic heterocycles. The van der Waals surface area contributed by atoms with Gasteiger partial charge in [0, 0.05) is 17.1 Å². The van der Waals surface area contributed by atoms with Crippen molar-refractivity contribution < 1.29 is 14.2 Å². The van der Waals surface area contributed by atoms with E-state index in [1.807, 2.05) is 36.4 Å². The Balaban J connectivity index is 1.89. The number of methoxy groups -OCH3 is 3. The number of benzene rings is 2. The van der Waals surface area contributed by atoms with Gasteiger partial charge < -0.3 is 19.5 Å². The molecule has 0 saturated heterocycles. The summed E-state index contributed by atoms with van der Waals surface area (Å²) in [6.07, 6.45) is 0.892. The summed E-state index contributed by atoms with van der Waals surface area (Å²) in [5.74, 6) is 2.34. The van der Waals surface area contributed by atoms with E-state index in [-0.39, 0.29) is 0 Å². The molecule has 0 aromatic heterocycles. The minimum Gasteiger partial charge on any atom is -0.496 e. The highest BCUT2D eigenvalue weighted by atomic mass is 35.5. The maximum Gasteiger partial charge on any atom is 0.160 e. The summed E-state index contributed by atoms with van der Waals surface area (Å²) in [5.41, 5.74) is 2.24. The van der Waals surface area contributed by atoms with E-state index in [2.05, 4.69) is 5.32 Å². The molecule has 0 spiro atoms. The zero-order chi connectivity index (χ0) is 16.7. The van der Waals surface area contributed by atoms with Crippen LogP contribution in [0.25, 0.3) is 0 Å². The van der Waals surface area contributed by atoms with Gasteiger partial charge >= 0.3 is 0 Å². The van der Waals surface area contributed by atoms with Crippen LogP contribution in [-0.2, 0) is 13.0 Å². The van der Waals surface area contributed by atoms with Gasteiger partial charge in [-0.1, -0.05) is 17.7 Å². The summed E-state index contributed by atoms with van der Waals surface area (Å²) in [6.45, 7) is 1.54. The van der Waals surface area contributed by atoms with Crippen molar-refractivity contribution in [2.24, 2.45) is 0 Å². The first-order valence-corrected chi connectivity index (χ1v) is 7.79. The second-order valence-corrected chi connectivity index (χ2v) is 5.51. The molecule has 0 aliphatic rings. The van der Waals surface area contributed by atoms with Crippen LogP contribution in [0.2, 0.25) is 5.02 Å². The number of ether oxygens (including phenoxy) is 3. The van der Waals surface area contributed by atoms with Crippen molar-refractivity contribution in [3.8, 4) is 17.2 Å². The Morgan fingerprint density at radius 3 is 2.26 bits per heavy atom. The van der Waals surface area contributed by atoms with Crippen molar-refractivity contribution in [3.63, 3.8) is 0 Å². The van der Waals surface area contributed by atoms with Crippen molar-refractivity contribution in [3.05, 3.63) is 52.5 Å². The van der Waals surface area contributed by atoms with Crippen molar-refractivity contribution in [2.75, 3.05) is 27.9 Å². The molecular weight excluding hydrogens is 314 g/mol. The van der Waals surface area contributed by atoms with Crippen LogP contribution in [0.15, 0.2) is 36.4 Å². The molecule has 2 rings (SSSR count). The standard InChI is InChI=1S/C18H22ClNO3/c1-21-16-7-5-15(19)11-14(16)12-20-9-8-13-4-6-17(22-2)18(10-13)23-3/h4-7,10-11,20H,8-9,12H2,1-3H3. The van der Waals surface area contributed by atoms with Crippen LogP contribution in [-0.4, -0.2) is 27.9 Å².